The zero-order valence-electron chi connectivity index (χ0n) is 10.6. The summed E-state index contributed by atoms with van der Waals surface area (Å²) in [5.74, 6) is 0.625. The maximum atomic E-state index is 13.8. The van der Waals surface area contributed by atoms with E-state index in [0.717, 1.165) is 15.9 Å². The molecule has 20 heavy (non-hydrogen) atoms. The lowest BCUT2D eigenvalue weighted by molar-refractivity contribution is 0.600. The fourth-order valence-electron chi connectivity index (χ4n) is 2.13. The van der Waals surface area contributed by atoms with E-state index in [2.05, 4.69) is 20.9 Å². The van der Waals surface area contributed by atoms with Gasteiger partial charge in [-0.15, -0.1) is 0 Å². The first-order valence-electron chi connectivity index (χ1n) is 6.25. The second-order valence-corrected chi connectivity index (χ2v) is 5.30. The molecule has 0 aliphatic carbocycles. The van der Waals surface area contributed by atoms with Crippen LogP contribution in [-0.4, -0.2) is 9.55 Å². The normalized spacial score (nSPS) is 10.7. The Balaban J connectivity index is 2.00. The SMILES string of the molecule is Fc1ccccc1Cn1ccnc1-c1ccccc1Br. The van der Waals surface area contributed by atoms with Gasteiger partial charge in [0, 0.05) is 28.0 Å². The molecule has 0 bridgehead atoms. The van der Waals surface area contributed by atoms with Gasteiger partial charge in [0.15, 0.2) is 0 Å². The second kappa shape index (κ2) is 5.59. The predicted octanol–water partition coefficient (Wildman–Crippen LogP) is 4.50. The quantitative estimate of drug-likeness (QED) is 0.691. The van der Waals surface area contributed by atoms with E-state index in [1.807, 2.05) is 41.1 Å². The molecular weight excluding hydrogens is 319 g/mol. The number of aromatic nitrogens is 2. The molecule has 0 aliphatic heterocycles. The molecule has 0 spiro atoms. The Hall–Kier alpha value is -1.94. The van der Waals surface area contributed by atoms with Gasteiger partial charge >= 0.3 is 0 Å². The molecule has 2 nitrogen and oxygen atoms in total. The second-order valence-electron chi connectivity index (χ2n) is 4.45. The number of hydrogen-bond donors (Lipinski definition) is 0. The molecule has 0 saturated heterocycles. The Morgan fingerprint density at radius 1 is 1.05 bits per heavy atom. The predicted molar refractivity (Wildman–Crippen MR) is 80.9 cm³/mol. The van der Waals surface area contributed by atoms with E-state index < -0.39 is 0 Å². The Morgan fingerprint density at radius 3 is 2.60 bits per heavy atom. The van der Waals surface area contributed by atoms with Crippen LogP contribution in [0.4, 0.5) is 4.39 Å². The van der Waals surface area contributed by atoms with Gasteiger partial charge in [0.2, 0.25) is 0 Å². The molecule has 100 valence electrons. The Labute approximate surface area is 125 Å². The molecule has 3 rings (SSSR count). The lowest BCUT2D eigenvalue weighted by atomic mass is 10.2. The van der Waals surface area contributed by atoms with Crippen molar-refractivity contribution < 1.29 is 4.39 Å². The van der Waals surface area contributed by atoms with Crippen molar-refractivity contribution >= 4 is 15.9 Å². The summed E-state index contributed by atoms with van der Waals surface area (Å²) in [7, 11) is 0. The van der Waals surface area contributed by atoms with Gasteiger partial charge in [0.05, 0.1) is 6.54 Å². The first kappa shape index (κ1) is 13.1. The minimum absolute atomic E-state index is 0.195. The van der Waals surface area contributed by atoms with Crippen LogP contribution in [0.15, 0.2) is 65.4 Å². The van der Waals surface area contributed by atoms with Gasteiger partial charge in [-0.3, -0.25) is 0 Å². The summed E-state index contributed by atoms with van der Waals surface area (Å²) in [6.45, 7) is 0.462. The summed E-state index contributed by atoms with van der Waals surface area (Å²) in [6.07, 6.45) is 3.59. The van der Waals surface area contributed by atoms with E-state index in [1.54, 1.807) is 18.3 Å². The van der Waals surface area contributed by atoms with E-state index in [4.69, 9.17) is 0 Å². The molecule has 1 aromatic heterocycles. The number of rotatable bonds is 3. The monoisotopic (exact) mass is 330 g/mol. The van der Waals surface area contributed by atoms with Gasteiger partial charge in [-0.1, -0.05) is 52.3 Å². The van der Waals surface area contributed by atoms with E-state index in [-0.39, 0.29) is 5.82 Å². The molecular formula is C16H12BrFN2. The highest BCUT2D eigenvalue weighted by Gasteiger charge is 2.10. The summed E-state index contributed by atoms with van der Waals surface area (Å²) in [5, 5.41) is 0. The number of benzene rings is 2. The summed E-state index contributed by atoms with van der Waals surface area (Å²) < 4.78 is 16.7. The van der Waals surface area contributed by atoms with Crippen molar-refractivity contribution in [3.63, 3.8) is 0 Å². The van der Waals surface area contributed by atoms with Gasteiger partial charge in [-0.2, -0.15) is 0 Å². The van der Waals surface area contributed by atoms with Crippen LogP contribution in [0, 0.1) is 5.82 Å². The van der Waals surface area contributed by atoms with Crippen molar-refractivity contribution in [1.82, 2.24) is 9.55 Å². The molecule has 0 atom stereocenters. The average molecular weight is 331 g/mol. The number of imidazole rings is 1. The molecule has 0 radical (unpaired) electrons. The lowest BCUT2D eigenvalue weighted by Crippen LogP contribution is -2.03. The van der Waals surface area contributed by atoms with Crippen molar-refractivity contribution in [2.24, 2.45) is 0 Å². The average Bonchev–Trinajstić information content (AvgIpc) is 2.90. The summed E-state index contributed by atoms with van der Waals surface area (Å²) >= 11 is 3.52. The molecule has 0 N–H and O–H groups in total. The third-order valence-electron chi connectivity index (χ3n) is 3.13. The van der Waals surface area contributed by atoms with Crippen LogP contribution in [-0.2, 0) is 6.54 Å². The summed E-state index contributed by atoms with van der Waals surface area (Å²) in [5.41, 5.74) is 1.65. The fraction of sp³-hybridized carbons (Fsp3) is 0.0625. The van der Waals surface area contributed by atoms with Gasteiger partial charge in [-0.05, 0) is 12.1 Å². The largest absolute Gasteiger partial charge is 0.326 e. The number of nitrogens with zero attached hydrogens (tertiary/aromatic N) is 2. The first-order valence-corrected chi connectivity index (χ1v) is 7.04. The van der Waals surface area contributed by atoms with E-state index in [9.17, 15) is 4.39 Å². The fourth-order valence-corrected chi connectivity index (χ4v) is 2.60. The highest BCUT2D eigenvalue weighted by molar-refractivity contribution is 9.10. The summed E-state index contributed by atoms with van der Waals surface area (Å²) in [6, 6.07) is 14.7. The zero-order chi connectivity index (χ0) is 13.9. The van der Waals surface area contributed by atoms with Crippen LogP contribution < -0.4 is 0 Å². The van der Waals surface area contributed by atoms with Gasteiger partial charge in [-0.25, -0.2) is 9.37 Å². The standard InChI is InChI=1S/C16H12BrFN2/c17-14-7-3-2-6-13(14)16-19-9-10-20(16)11-12-5-1-4-8-15(12)18/h1-10H,11H2. The van der Waals surface area contributed by atoms with Crippen LogP contribution >= 0.6 is 15.9 Å². The lowest BCUT2D eigenvalue weighted by Gasteiger charge is -2.10. The zero-order valence-corrected chi connectivity index (χ0v) is 12.2. The van der Waals surface area contributed by atoms with Crippen molar-refractivity contribution in [2.75, 3.05) is 0 Å². The Bertz CT molecular complexity index is 737. The van der Waals surface area contributed by atoms with Crippen LogP contribution in [0.1, 0.15) is 5.56 Å². The third-order valence-corrected chi connectivity index (χ3v) is 3.82. The molecule has 3 aromatic rings. The molecule has 0 saturated carbocycles. The smallest absolute Gasteiger partial charge is 0.141 e. The highest BCUT2D eigenvalue weighted by atomic mass is 79.9. The van der Waals surface area contributed by atoms with Crippen molar-refractivity contribution in [2.45, 2.75) is 6.54 Å². The maximum Gasteiger partial charge on any atom is 0.141 e. The van der Waals surface area contributed by atoms with Crippen LogP contribution in [0.5, 0.6) is 0 Å². The number of hydrogen-bond acceptors (Lipinski definition) is 1. The molecule has 0 fully saturated rings. The summed E-state index contributed by atoms with van der Waals surface area (Å²) in [4.78, 5) is 4.38. The Kier molecular flexibility index (Phi) is 3.65. The van der Waals surface area contributed by atoms with E-state index in [1.165, 1.54) is 6.07 Å². The van der Waals surface area contributed by atoms with Crippen molar-refractivity contribution in [3.05, 3.63) is 76.8 Å². The number of halogens is 2. The van der Waals surface area contributed by atoms with Crippen LogP contribution in [0.3, 0.4) is 0 Å². The Morgan fingerprint density at radius 2 is 1.80 bits per heavy atom. The molecule has 1 heterocycles. The van der Waals surface area contributed by atoms with Crippen LogP contribution in [0.2, 0.25) is 0 Å². The van der Waals surface area contributed by atoms with E-state index in [0.29, 0.717) is 12.1 Å². The van der Waals surface area contributed by atoms with Crippen molar-refractivity contribution in [1.29, 1.82) is 0 Å². The molecule has 0 unspecified atom stereocenters. The van der Waals surface area contributed by atoms with Gasteiger partial charge in [0.1, 0.15) is 11.6 Å². The third kappa shape index (κ3) is 2.51. The van der Waals surface area contributed by atoms with Gasteiger partial charge < -0.3 is 4.57 Å². The van der Waals surface area contributed by atoms with Crippen molar-refractivity contribution in [3.8, 4) is 11.4 Å². The molecule has 0 amide bonds. The maximum absolute atomic E-state index is 13.8. The molecule has 0 aliphatic rings. The van der Waals surface area contributed by atoms with Crippen LogP contribution in [0.25, 0.3) is 11.4 Å². The van der Waals surface area contributed by atoms with Gasteiger partial charge in [0.25, 0.3) is 0 Å². The van der Waals surface area contributed by atoms with E-state index >= 15 is 0 Å². The molecule has 4 heteroatoms. The molecule has 2 aromatic carbocycles. The highest BCUT2D eigenvalue weighted by Crippen LogP contribution is 2.27. The first-order chi connectivity index (χ1) is 9.75. The topological polar surface area (TPSA) is 17.8 Å². The minimum atomic E-state index is -0.195. The minimum Gasteiger partial charge on any atom is -0.326 e.